The molecule has 3 heterocycles. The lowest BCUT2D eigenvalue weighted by atomic mass is 9.86. The van der Waals surface area contributed by atoms with E-state index in [9.17, 15) is 14.7 Å². The molecular weight excluding hydrogens is 492 g/mol. The van der Waals surface area contributed by atoms with Gasteiger partial charge >= 0.3 is 0 Å². The lowest BCUT2D eigenvalue weighted by molar-refractivity contribution is -0.0342. The monoisotopic (exact) mass is 534 g/mol. The first-order valence-electron chi connectivity index (χ1n) is 14.4. The van der Waals surface area contributed by atoms with Crippen LogP contribution < -0.4 is 15.8 Å². The van der Waals surface area contributed by atoms with Gasteiger partial charge in [0.05, 0.1) is 23.5 Å². The molecule has 210 valence electrons. The fourth-order valence-electron chi connectivity index (χ4n) is 6.69. The zero-order chi connectivity index (χ0) is 27.8. The Morgan fingerprint density at radius 3 is 2.49 bits per heavy atom. The third-order valence-corrected chi connectivity index (χ3v) is 8.79. The summed E-state index contributed by atoms with van der Waals surface area (Å²) in [4.78, 5) is 34.0. The van der Waals surface area contributed by atoms with Gasteiger partial charge in [-0.3, -0.25) is 19.2 Å². The quantitative estimate of drug-likeness (QED) is 0.410. The van der Waals surface area contributed by atoms with Crippen LogP contribution in [0.25, 0.3) is 10.9 Å². The van der Waals surface area contributed by atoms with Crippen molar-refractivity contribution in [3.05, 3.63) is 56.6 Å². The highest BCUT2D eigenvalue weighted by atomic mass is 16.3. The van der Waals surface area contributed by atoms with Crippen molar-refractivity contribution in [2.24, 2.45) is 7.05 Å². The molecule has 1 aliphatic carbocycles. The molecular formula is C30H42N6O3. The summed E-state index contributed by atoms with van der Waals surface area (Å²) in [5.41, 5.74) is 5.81. The van der Waals surface area contributed by atoms with E-state index >= 15 is 0 Å². The number of hydrogen-bond donors (Lipinski definition) is 3. The van der Waals surface area contributed by atoms with Gasteiger partial charge in [-0.25, -0.2) is 0 Å². The number of β-amino-alcohol motifs (C(OH)–C–C–N with tert-alkyl or cyclic N) is 1. The number of carbonyl (C=O) groups excluding carboxylic acids is 1. The van der Waals surface area contributed by atoms with Crippen molar-refractivity contribution >= 4 is 22.5 Å². The number of rotatable bonds is 8. The van der Waals surface area contributed by atoms with E-state index in [1.54, 1.807) is 0 Å². The maximum atomic E-state index is 13.7. The Morgan fingerprint density at radius 2 is 1.87 bits per heavy atom. The van der Waals surface area contributed by atoms with Crippen LogP contribution in [0.4, 0.5) is 5.69 Å². The topological polar surface area (TPSA) is 106 Å². The highest BCUT2D eigenvalue weighted by Gasteiger charge is 2.35. The second kappa shape index (κ2) is 11.1. The zero-order valence-corrected chi connectivity index (χ0v) is 23.9. The number of pyridine rings is 1. The Kier molecular flexibility index (Phi) is 7.82. The van der Waals surface area contributed by atoms with Crippen LogP contribution >= 0.6 is 0 Å². The molecule has 5 rings (SSSR count). The van der Waals surface area contributed by atoms with Crippen molar-refractivity contribution in [3.8, 4) is 0 Å². The third-order valence-electron chi connectivity index (χ3n) is 8.79. The van der Waals surface area contributed by atoms with E-state index in [0.717, 1.165) is 78.7 Å². The van der Waals surface area contributed by atoms with E-state index in [0.29, 0.717) is 29.6 Å². The molecule has 2 fully saturated rings. The molecule has 1 amide bonds. The molecule has 39 heavy (non-hydrogen) atoms. The predicted octanol–water partition coefficient (Wildman–Crippen LogP) is 3.18. The molecule has 0 spiro atoms. The van der Waals surface area contributed by atoms with E-state index in [1.165, 1.54) is 0 Å². The molecule has 2 aromatic heterocycles. The van der Waals surface area contributed by atoms with E-state index in [4.69, 9.17) is 0 Å². The summed E-state index contributed by atoms with van der Waals surface area (Å²) in [6.07, 6.45) is 6.89. The fourth-order valence-corrected chi connectivity index (χ4v) is 6.69. The second-order valence-corrected chi connectivity index (χ2v) is 11.3. The number of carbonyl (C=O) groups is 1. The van der Waals surface area contributed by atoms with Crippen molar-refractivity contribution in [3.63, 3.8) is 0 Å². The van der Waals surface area contributed by atoms with Crippen LogP contribution in [0.1, 0.15) is 72.3 Å². The molecule has 1 aliphatic heterocycles. The molecule has 3 aromatic rings. The van der Waals surface area contributed by atoms with Crippen LogP contribution in [0.2, 0.25) is 0 Å². The molecule has 1 saturated carbocycles. The van der Waals surface area contributed by atoms with Crippen molar-refractivity contribution in [2.45, 2.75) is 84.5 Å². The van der Waals surface area contributed by atoms with Gasteiger partial charge in [-0.05, 0) is 76.1 Å². The van der Waals surface area contributed by atoms with Gasteiger partial charge in [0.2, 0.25) is 0 Å². The molecule has 1 saturated heterocycles. The molecule has 0 bridgehead atoms. The number of aryl methyl sites for hydroxylation is 3. The normalized spacial score (nSPS) is 20.3. The minimum Gasteiger partial charge on any atom is -0.390 e. The van der Waals surface area contributed by atoms with Crippen LogP contribution in [-0.4, -0.2) is 68.5 Å². The standard InChI is InChI=1S/C30H42N6O3/c1-6-23-24(29(38)31-14-25-18(3)12-19(4)33-30(25)39)13-27-26(15-32-34(27)5)28(23)36(7-2)21-10-8-20(9-11-21)35-16-22(37)17-35/h12-13,15,20-22,37H,6-11,14,16-17H2,1-5H3,(H,31,38)(H,33,39). The molecule has 9 heteroatoms. The molecule has 1 aromatic carbocycles. The number of amides is 1. The number of hydrogen-bond acceptors (Lipinski definition) is 6. The largest absolute Gasteiger partial charge is 0.390 e. The summed E-state index contributed by atoms with van der Waals surface area (Å²) in [6, 6.07) is 4.82. The molecule has 2 aliphatic rings. The van der Waals surface area contributed by atoms with Gasteiger partial charge in [-0.2, -0.15) is 5.10 Å². The second-order valence-electron chi connectivity index (χ2n) is 11.3. The van der Waals surface area contributed by atoms with Gasteiger partial charge in [0.15, 0.2) is 0 Å². The van der Waals surface area contributed by atoms with Gasteiger partial charge in [0.1, 0.15) is 0 Å². The molecule has 0 unspecified atom stereocenters. The number of aromatic amines is 1. The molecule has 9 nitrogen and oxygen atoms in total. The Balaban J connectivity index is 1.45. The highest BCUT2D eigenvalue weighted by Crippen LogP contribution is 2.38. The smallest absolute Gasteiger partial charge is 0.253 e. The van der Waals surface area contributed by atoms with Crippen LogP contribution in [0, 0.1) is 13.8 Å². The van der Waals surface area contributed by atoms with Gasteiger partial charge in [0, 0.05) is 67.5 Å². The molecule has 3 N–H and O–H groups in total. The van der Waals surface area contributed by atoms with Gasteiger partial charge in [0.25, 0.3) is 11.5 Å². The van der Waals surface area contributed by atoms with E-state index in [1.807, 2.05) is 43.9 Å². The number of likely N-dealkylation sites (tertiary alicyclic amines) is 1. The first-order valence-corrected chi connectivity index (χ1v) is 14.4. The predicted molar refractivity (Wildman–Crippen MR) is 154 cm³/mol. The van der Waals surface area contributed by atoms with Crippen LogP contribution in [0.5, 0.6) is 0 Å². The maximum Gasteiger partial charge on any atom is 0.253 e. The average molecular weight is 535 g/mol. The summed E-state index contributed by atoms with van der Waals surface area (Å²) >= 11 is 0. The van der Waals surface area contributed by atoms with Crippen molar-refractivity contribution < 1.29 is 9.90 Å². The number of aliphatic hydroxyl groups is 1. The van der Waals surface area contributed by atoms with Crippen molar-refractivity contribution in [2.75, 3.05) is 24.5 Å². The number of aromatic nitrogens is 3. The maximum absolute atomic E-state index is 13.7. The van der Waals surface area contributed by atoms with Gasteiger partial charge < -0.3 is 20.3 Å². The number of nitrogens with zero attached hydrogens (tertiary/aromatic N) is 4. The summed E-state index contributed by atoms with van der Waals surface area (Å²) in [5.74, 6) is -0.174. The lowest BCUT2D eigenvalue weighted by Gasteiger charge is -2.46. The molecule has 0 radical (unpaired) electrons. The summed E-state index contributed by atoms with van der Waals surface area (Å²) in [6.45, 7) is 10.7. The Labute approximate surface area is 230 Å². The van der Waals surface area contributed by atoms with Crippen LogP contribution in [0.3, 0.4) is 0 Å². The first kappa shape index (κ1) is 27.4. The van der Waals surface area contributed by atoms with E-state index < -0.39 is 0 Å². The average Bonchev–Trinajstić information content (AvgIpc) is 3.26. The van der Waals surface area contributed by atoms with Gasteiger partial charge in [-0.15, -0.1) is 0 Å². The number of H-pyrrole nitrogens is 1. The number of benzene rings is 1. The van der Waals surface area contributed by atoms with E-state index in [-0.39, 0.29) is 24.1 Å². The number of fused-ring (bicyclic) bond motifs is 1. The number of nitrogens with one attached hydrogen (secondary N) is 2. The first-order chi connectivity index (χ1) is 18.7. The summed E-state index contributed by atoms with van der Waals surface area (Å²) < 4.78 is 1.84. The zero-order valence-electron chi connectivity index (χ0n) is 23.9. The number of anilines is 1. The SMILES string of the molecule is CCc1c(C(=O)NCc2c(C)cc(C)[nH]c2=O)cc2c(cnn2C)c1N(CC)C1CCC(N2CC(O)C2)CC1. The molecule has 0 atom stereocenters. The number of aliphatic hydroxyl groups excluding tert-OH is 1. The van der Waals surface area contributed by atoms with Crippen molar-refractivity contribution in [1.82, 2.24) is 25.0 Å². The van der Waals surface area contributed by atoms with Gasteiger partial charge in [-0.1, -0.05) is 6.92 Å². The summed E-state index contributed by atoms with van der Waals surface area (Å²) in [7, 11) is 1.91. The van der Waals surface area contributed by atoms with E-state index in [2.05, 4.69) is 39.0 Å². The fraction of sp³-hybridized carbons (Fsp3) is 0.567. The van der Waals surface area contributed by atoms with Crippen molar-refractivity contribution in [1.29, 1.82) is 0 Å². The minimum absolute atomic E-state index is 0.160. The Bertz CT molecular complexity index is 1410. The summed E-state index contributed by atoms with van der Waals surface area (Å²) in [5, 5.41) is 18.4. The van der Waals surface area contributed by atoms with Crippen LogP contribution in [0.15, 0.2) is 23.1 Å². The highest BCUT2D eigenvalue weighted by molar-refractivity contribution is 6.05. The van der Waals surface area contributed by atoms with Crippen LogP contribution in [-0.2, 0) is 20.0 Å². The minimum atomic E-state index is -0.174. The third kappa shape index (κ3) is 5.22. The Hall–Kier alpha value is -3.17. The lowest BCUT2D eigenvalue weighted by Crippen LogP contribution is -2.57. The Morgan fingerprint density at radius 1 is 1.15 bits per heavy atom.